The highest BCUT2D eigenvalue weighted by Gasteiger charge is 2.38. The van der Waals surface area contributed by atoms with Gasteiger partial charge in [0.05, 0.1) is 5.56 Å². The zero-order valence-corrected chi connectivity index (χ0v) is 17.0. The molecule has 33 heavy (non-hydrogen) atoms. The lowest BCUT2D eigenvalue weighted by molar-refractivity contribution is -0.154. The first-order chi connectivity index (χ1) is 15.7. The molecule has 0 saturated heterocycles. The van der Waals surface area contributed by atoms with Crippen molar-refractivity contribution in [3.05, 3.63) is 71.3 Å². The Kier molecular flexibility index (Phi) is 6.99. The first-order valence-corrected chi connectivity index (χ1v) is 9.67. The smallest absolute Gasteiger partial charge is 0.339 e. The molecule has 172 valence electrons. The van der Waals surface area contributed by atoms with E-state index in [1.807, 2.05) is 0 Å². The number of aromatic hydroxyl groups is 3. The predicted molar refractivity (Wildman–Crippen MR) is 112 cm³/mol. The topological polar surface area (TPSA) is 171 Å². The van der Waals surface area contributed by atoms with Crippen LogP contribution in [0.25, 0.3) is 6.08 Å². The fourth-order valence-corrected chi connectivity index (χ4v) is 3.12. The van der Waals surface area contributed by atoms with Crippen LogP contribution in [0.15, 0.2) is 60.2 Å². The van der Waals surface area contributed by atoms with Crippen LogP contribution in [0.4, 0.5) is 0 Å². The number of carbonyl (C=O) groups is 3. The second kappa shape index (κ2) is 9.88. The summed E-state index contributed by atoms with van der Waals surface area (Å²) in [4.78, 5) is 36.1. The first-order valence-electron chi connectivity index (χ1n) is 9.67. The van der Waals surface area contributed by atoms with Crippen LogP contribution in [-0.4, -0.2) is 61.8 Å². The fraction of sp³-hybridized carbons (Fsp3) is 0.174. The van der Waals surface area contributed by atoms with E-state index in [-0.39, 0.29) is 17.6 Å². The normalized spacial score (nSPS) is 20.2. The lowest BCUT2D eigenvalue weighted by Gasteiger charge is -2.31. The third-order valence-electron chi connectivity index (χ3n) is 4.81. The third kappa shape index (κ3) is 5.69. The number of phenolic OH excluding ortho intramolecular Hbond substituents is 3. The van der Waals surface area contributed by atoms with Crippen LogP contribution < -0.4 is 0 Å². The van der Waals surface area contributed by atoms with E-state index in [1.54, 1.807) is 30.3 Å². The Hall–Kier alpha value is -4.31. The van der Waals surface area contributed by atoms with Crippen LogP contribution in [0, 0.1) is 0 Å². The number of esters is 2. The molecule has 0 aliphatic heterocycles. The van der Waals surface area contributed by atoms with Crippen molar-refractivity contribution < 1.29 is 49.4 Å². The molecule has 3 atom stereocenters. The molecular formula is C23H20O10. The van der Waals surface area contributed by atoms with Crippen LogP contribution in [0.2, 0.25) is 0 Å². The van der Waals surface area contributed by atoms with Gasteiger partial charge in [-0.05, 0) is 29.8 Å². The van der Waals surface area contributed by atoms with Gasteiger partial charge in [-0.15, -0.1) is 0 Å². The van der Waals surface area contributed by atoms with Gasteiger partial charge >= 0.3 is 17.9 Å². The minimum atomic E-state index is -1.59. The van der Waals surface area contributed by atoms with Gasteiger partial charge in [0.1, 0.15) is 12.2 Å². The summed E-state index contributed by atoms with van der Waals surface area (Å²) in [6.45, 7) is 0. The molecular weight excluding hydrogens is 436 g/mol. The second-order valence-corrected chi connectivity index (χ2v) is 7.14. The Balaban J connectivity index is 1.75. The Bertz CT molecular complexity index is 1100. The first kappa shape index (κ1) is 23.4. The van der Waals surface area contributed by atoms with E-state index in [1.165, 1.54) is 6.08 Å². The zero-order chi connectivity index (χ0) is 24.1. The number of aliphatic carboxylic acids is 1. The summed E-state index contributed by atoms with van der Waals surface area (Å²) in [6.07, 6.45) is -1.15. The molecule has 10 heteroatoms. The van der Waals surface area contributed by atoms with E-state index < -0.39 is 53.5 Å². The number of phenols is 3. The maximum absolute atomic E-state index is 12.4. The Labute approximate surface area is 187 Å². The molecule has 10 nitrogen and oxygen atoms in total. The standard InChI is InChI=1S/C23H20O10/c24-15-8-14(9-16(25)20(15)27)23(31)33-18-11-13(22(29)30)10-17(21(18)28)32-19(26)7-6-12-4-2-1-3-5-12/h1-9,11,17-18,21,24-25,27-28H,10H2,(H,29,30). The van der Waals surface area contributed by atoms with Crippen LogP contribution in [-0.2, 0) is 19.1 Å². The van der Waals surface area contributed by atoms with Gasteiger partial charge < -0.3 is 35.0 Å². The van der Waals surface area contributed by atoms with Gasteiger partial charge in [-0.3, -0.25) is 0 Å². The van der Waals surface area contributed by atoms with E-state index >= 15 is 0 Å². The monoisotopic (exact) mass is 456 g/mol. The van der Waals surface area contributed by atoms with Crippen molar-refractivity contribution in [3.63, 3.8) is 0 Å². The highest BCUT2D eigenvalue weighted by Crippen LogP contribution is 2.36. The van der Waals surface area contributed by atoms with Gasteiger partial charge in [0.15, 0.2) is 23.4 Å². The van der Waals surface area contributed by atoms with Crippen molar-refractivity contribution in [1.82, 2.24) is 0 Å². The van der Waals surface area contributed by atoms with Crippen molar-refractivity contribution in [2.45, 2.75) is 24.7 Å². The SMILES string of the molecule is O=C(C=Cc1ccccc1)OC1CC(C(=O)O)=CC(OC(=O)c2cc(O)c(O)c(O)c2)C1O. The minimum absolute atomic E-state index is 0.251. The number of hydrogen-bond acceptors (Lipinski definition) is 9. The lowest BCUT2D eigenvalue weighted by atomic mass is 9.92. The molecule has 3 unspecified atom stereocenters. The van der Waals surface area contributed by atoms with E-state index in [2.05, 4.69) is 0 Å². The summed E-state index contributed by atoms with van der Waals surface area (Å²) in [5.41, 5.74) is 0.0986. The number of hydrogen-bond donors (Lipinski definition) is 5. The van der Waals surface area contributed by atoms with E-state index in [4.69, 9.17) is 9.47 Å². The molecule has 2 aromatic rings. The number of carboxylic acids is 1. The minimum Gasteiger partial charge on any atom is -0.504 e. The van der Waals surface area contributed by atoms with Gasteiger partial charge in [0.2, 0.25) is 0 Å². The number of aliphatic hydroxyl groups excluding tert-OH is 1. The molecule has 0 amide bonds. The van der Waals surface area contributed by atoms with Crippen molar-refractivity contribution in [1.29, 1.82) is 0 Å². The zero-order valence-electron chi connectivity index (χ0n) is 17.0. The van der Waals surface area contributed by atoms with Gasteiger partial charge in [0, 0.05) is 18.1 Å². The molecule has 0 saturated carbocycles. The molecule has 3 rings (SSSR count). The molecule has 1 aliphatic carbocycles. The number of carbonyl (C=O) groups excluding carboxylic acids is 2. The number of carboxylic acid groups (broad SMARTS) is 1. The number of aliphatic hydroxyl groups is 1. The largest absolute Gasteiger partial charge is 0.504 e. The Morgan fingerprint density at radius 3 is 2.21 bits per heavy atom. The van der Waals surface area contributed by atoms with Gasteiger partial charge in [-0.1, -0.05) is 30.3 Å². The molecule has 5 N–H and O–H groups in total. The summed E-state index contributed by atoms with van der Waals surface area (Å²) in [5.74, 6) is -5.75. The highest BCUT2D eigenvalue weighted by molar-refractivity contribution is 5.92. The lowest BCUT2D eigenvalue weighted by Crippen LogP contribution is -2.45. The average molecular weight is 456 g/mol. The van der Waals surface area contributed by atoms with Crippen molar-refractivity contribution >= 4 is 24.0 Å². The summed E-state index contributed by atoms with van der Waals surface area (Å²) in [7, 11) is 0. The maximum atomic E-state index is 12.4. The van der Waals surface area contributed by atoms with Gasteiger partial charge in [-0.2, -0.15) is 0 Å². The molecule has 1 aliphatic rings. The molecule has 0 spiro atoms. The van der Waals surface area contributed by atoms with Crippen LogP contribution >= 0.6 is 0 Å². The average Bonchev–Trinajstić information content (AvgIpc) is 2.78. The molecule has 0 heterocycles. The summed E-state index contributed by atoms with van der Waals surface area (Å²) in [5, 5.41) is 48.4. The second-order valence-electron chi connectivity index (χ2n) is 7.14. The number of ether oxygens (including phenoxy) is 2. The Morgan fingerprint density at radius 1 is 0.970 bits per heavy atom. The van der Waals surface area contributed by atoms with Crippen molar-refractivity contribution in [2.24, 2.45) is 0 Å². The van der Waals surface area contributed by atoms with Crippen molar-refractivity contribution in [2.75, 3.05) is 0 Å². The Morgan fingerprint density at radius 2 is 1.61 bits per heavy atom. The van der Waals surface area contributed by atoms with Crippen LogP contribution in [0.5, 0.6) is 17.2 Å². The third-order valence-corrected chi connectivity index (χ3v) is 4.81. The fourth-order valence-electron chi connectivity index (χ4n) is 3.12. The number of benzene rings is 2. The molecule has 2 aromatic carbocycles. The highest BCUT2D eigenvalue weighted by atomic mass is 16.6. The molecule has 0 aromatic heterocycles. The summed E-state index contributed by atoms with van der Waals surface area (Å²) in [6, 6.07) is 10.5. The van der Waals surface area contributed by atoms with Crippen molar-refractivity contribution in [3.8, 4) is 17.2 Å². The molecule has 0 bridgehead atoms. The predicted octanol–water partition coefficient (Wildman–Crippen LogP) is 1.73. The van der Waals surface area contributed by atoms with Crippen LogP contribution in [0.3, 0.4) is 0 Å². The maximum Gasteiger partial charge on any atom is 0.339 e. The molecule has 0 radical (unpaired) electrons. The van der Waals surface area contributed by atoms with E-state index in [9.17, 15) is 39.9 Å². The van der Waals surface area contributed by atoms with Gasteiger partial charge in [0.25, 0.3) is 0 Å². The van der Waals surface area contributed by atoms with Gasteiger partial charge in [-0.25, -0.2) is 14.4 Å². The van der Waals surface area contributed by atoms with E-state index in [0.29, 0.717) is 0 Å². The van der Waals surface area contributed by atoms with E-state index in [0.717, 1.165) is 29.8 Å². The molecule has 0 fully saturated rings. The summed E-state index contributed by atoms with van der Waals surface area (Å²) < 4.78 is 10.3. The summed E-state index contributed by atoms with van der Waals surface area (Å²) >= 11 is 0. The quantitative estimate of drug-likeness (QED) is 0.245. The number of rotatable bonds is 6. The van der Waals surface area contributed by atoms with Crippen LogP contribution in [0.1, 0.15) is 22.3 Å².